The van der Waals surface area contributed by atoms with Gasteiger partial charge in [-0.25, -0.2) is 0 Å². The normalized spacial score (nSPS) is 15.7. The van der Waals surface area contributed by atoms with Crippen LogP contribution < -0.4 is 5.32 Å². The third-order valence-corrected chi connectivity index (χ3v) is 4.74. The molecule has 108 valence electrons. The zero-order valence-electron chi connectivity index (χ0n) is 11.5. The van der Waals surface area contributed by atoms with Gasteiger partial charge in [0.05, 0.1) is 12.2 Å². The fourth-order valence-corrected chi connectivity index (χ4v) is 3.25. The lowest BCUT2D eigenvalue weighted by Gasteiger charge is -2.11. The number of aliphatic carboxylic acids is 1. The molecule has 0 spiro atoms. The van der Waals surface area contributed by atoms with Crippen LogP contribution in [0.3, 0.4) is 0 Å². The number of amides is 1. The van der Waals surface area contributed by atoms with Crippen LogP contribution in [0.15, 0.2) is 24.3 Å². The zero-order valence-corrected chi connectivity index (χ0v) is 12.3. The van der Waals surface area contributed by atoms with Crippen LogP contribution in [0.5, 0.6) is 0 Å². The topological polar surface area (TPSA) is 66.4 Å². The van der Waals surface area contributed by atoms with Crippen molar-refractivity contribution in [2.45, 2.75) is 26.2 Å². The molecule has 0 unspecified atom stereocenters. The summed E-state index contributed by atoms with van der Waals surface area (Å²) >= 11 is 1.52. The molecule has 1 fully saturated rings. The second-order valence-corrected chi connectivity index (χ2v) is 6.46. The highest BCUT2D eigenvalue weighted by Gasteiger charge is 2.44. The Balaban J connectivity index is 1.70. The van der Waals surface area contributed by atoms with Crippen LogP contribution in [0.2, 0.25) is 0 Å². The van der Waals surface area contributed by atoms with Crippen LogP contribution in [0.4, 0.5) is 5.69 Å². The fourth-order valence-electron chi connectivity index (χ4n) is 2.06. The summed E-state index contributed by atoms with van der Waals surface area (Å²) in [6.07, 6.45) is 2.15. The predicted octanol–water partition coefficient (Wildman–Crippen LogP) is 2.92. The first-order chi connectivity index (χ1) is 9.49. The van der Waals surface area contributed by atoms with Gasteiger partial charge >= 0.3 is 5.97 Å². The van der Waals surface area contributed by atoms with E-state index in [-0.39, 0.29) is 17.7 Å². The molecule has 1 aromatic rings. The molecule has 0 heterocycles. The quantitative estimate of drug-likeness (QED) is 0.811. The highest BCUT2D eigenvalue weighted by atomic mass is 32.2. The van der Waals surface area contributed by atoms with Crippen molar-refractivity contribution in [3.63, 3.8) is 0 Å². The van der Waals surface area contributed by atoms with E-state index in [0.29, 0.717) is 5.75 Å². The highest BCUT2D eigenvalue weighted by Crippen LogP contribution is 2.50. The van der Waals surface area contributed by atoms with Crippen molar-refractivity contribution in [3.05, 3.63) is 29.8 Å². The smallest absolute Gasteiger partial charge is 0.303 e. The number of anilines is 1. The third-order valence-electron chi connectivity index (χ3n) is 3.46. The summed E-state index contributed by atoms with van der Waals surface area (Å²) in [5.41, 5.74) is 1.90. The number of carbonyl (C=O) groups excluding carboxylic acids is 1. The van der Waals surface area contributed by atoms with Gasteiger partial charge in [-0.05, 0) is 43.1 Å². The third kappa shape index (κ3) is 4.56. The van der Waals surface area contributed by atoms with Gasteiger partial charge in [0.25, 0.3) is 0 Å². The van der Waals surface area contributed by atoms with E-state index in [4.69, 9.17) is 5.11 Å². The first kappa shape index (κ1) is 14.9. The molecule has 1 amide bonds. The molecule has 20 heavy (non-hydrogen) atoms. The van der Waals surface area contributed by atoms with E-state index < -0.39 is 5.97 Å². The predicted molar refractivity (Wildman–Crippen MR) is 81.1 cm³/mol. The van der Waals surface area contributed by atoms with E-state index in [0.717, 1.165) is 29.8 Å². The SMILES string of the molecule is Cc1ccc(NC(=O)CSCC2(CC(=O)O)CC2)cc1. The van der Waals surface area contributed by atoms with Gasteiger partial charge in [-0.2, -0.15) is 11.8 Å². The monoisotopic (exact) mass is 293 g/mol. The minimum atomic E-state index is -0.743. The van der Waals surface area contributed by atoms with E-state index in [1.165, 1.54) is 11.8 Å². The minimum absolute atomic E-state index is 0.0371. The van der Waals surface area contributed by atoms with Gasteiger partial charge in [-0.1, -0.05) is 17.7 Å². The summed E-state index contributed by atoms with van der Waals surface area (Å²) in [4.78, 5) is 22.5. The van der Waals surface area contributed by atoms with Gasteiger partial charge in [-0.15, -0.1) is 0 Å². The molecule has 0 atom stereocenters. The summed E-state index contributed by atoms with van der Waals surface area (Å²) in [5, 5.41) is 11.7. The molecule has 1 aliphatic rings. The number of aryl methyl sites for hydroxylation is 1. The Morgan fingerprint density at radius 2 is 1.95 bits per heavy atom. The van der Waals surface area contributed by atoms with Crippen molar-refractivity contribution in [1.82, 2.24) is 0 Å². The molecule has 0 radical (unpaired) electrons. The molecule has 5 heteroatoms. The van der Waals surface area contributed by atoms with Gasteiger partial charge in [0.2, 0.25) is 5.91 Å². The number of carbonyl (C=O) groups is 2. The maximum atomic E-state index is 11.8. The number of rotatable bonds is 7. The maximum Gasteiger partial charge on any atom is 0.303 e. The van der Waals surface area contributed by atoms with Crippen molar-refractivity contribution >= 4 is 29.3 Å². The lowest BCUT2D eigenvalue weighted by atomic mass is 10.1. The number of hydrogen-bond donors (Lipinski definition) is 2. The van der Waals surface area contributed by atoms with E-state index in [2.05, 4.69) is 5.32 Å². The van der Waals surface area contributed by atoms with Crippen LogP contribution in [0, 0.1) is 12.3 Å². The number of carboxylic acids is 1. The Bertz CT molecular complexity index is 494. The molecule has 0 aliphatic heterocycles. The Labute approximate surface area is 123 Å². The number of nitrogens with one attached hydrogen (secondary N) is 1. The Morgan fingerprint density at radius 3 is 2.50 bits per heavy atom. The molecule has 1 aliphatic carbocycles. The molecule has 0 saturated heterocycles. The summed E-state index contributed by atoms with van der Waals surface area (Å²) in [6.45, 7) is 2.00. The molecule has 0 bridgehead atoms. The van der Waals surface area contributed by atoms with Gasteiger partial charge in [-0.3, -0.25) is 9.59 Å². The first-order valence-corrected chi connectivity index (χ1v) is 7.81. The first-order valence-electron chi connectivity index (χ1n) is 6.65. The average molecular weight is 293 g/mol. The van der Waals surface area contributed by atoms with E-state index in [1.807, 2.05) is 31.2 Å². The summed E-state index contributed by atoms with van der Waals surface area (Å²) in [6, 6.07) is 7.67. The van der Waals surface area contributed by atoms with E-state index in [9.17, 15) is 9.59 Å². The Hall–Kier alpha value is -1.49. The molecule has 2 N–H and O–H groups in total. The molecular formula is C15H19NO3S. The van der Waals surface area contributed by atoms with Crippen LogP contribution in [0.25, 0.3) is 0 Å². The molecule has 2 rings (SSSR count). The zero-order chi connectivity index (χ0) is 14.6. The van der Waals surface area contributed by atoms with Crippen LogP contribution in [-0.2, 0) is 9.59 Å². The van der Waals surface area contributed by atoms with Crippen molar-refractivity contribution in [3.8, 4) is 0 Å². The number of carboxylic acid groups (broad SMARTS) is 1. The largest absolute Gasteiger partial charge is 0.481 e. The van der Waals surface area contributed by atoms with Crippen molar-refractivity contribution in [2.75, 3.05) is 16.8 Å². The minimum Gasteiger partial charge on any atom is -0.481 e. The lowest BCUT2D eigenvalue weighted by Crippen LogP contribution is -2.17. The molecule has 0 aromatic heterocycles. The van der Waals surface area contributed by atoms with Gasteiger partial charge in [0, 0.05) is 5.69 Å². The standard InChI is InChI=1S/C15H19NO3S/c1-11-2-4-12(5-3-11)16-13(17)9-20-10-15(6-7-15)8-14(18)19/h2-5H,6-10H2,1H3,(H,16,17)(H,18,19). The van der Waals surface area contributed by atoms with Gasteiger partial charge in [0.15, 0.2) is 0 Å². The van der Waals surface area contributed by atoms with Gasteiger partial charge < -0.3 is 10.4 Å². The van der Waals surface area contributed by atoms with E-state index >= 15 is 0 Å². The second-order valence-electron chi connectivity index (χ2n) is 5.48. The van der Waals surface area contributed by atoms with Crippen LogP contribution >= 0.6 is 11.8 Å². The maximum absolute atomic E-state index is 11.8. The molecule has 1 saturated carbocycles. The van der Waals surface area contributed by atoms with Crippen molar-refractivity contribution in [1.29, 1.82) is 0 Å². The summed E-state index contributed by atoms with van der Waals surface area (Å²) in [5.74, 6) is 0.341. The fraction of sp³-hybridized carbons (Fsp3) is 0.467. The second kappa shape index (κ2) is 6.31. The van der Waals surface area contributed by atoms with E-state index in [1.54, 1.807) is 0 Å². The average Bonchev–Trinajstić information content (AvgIpc) is 3.11. The molecule has 1 aromatic carbocycles. The summed E-state index contributed by atoms with van der Waals surface area (Å²) in [7, 11) is 0. The Morgan fingerprint density at radius 1 is 1.30 bits per heavy atom. The van der Waals surface area contributed by atoms with Crippen molar-refractivity contribution in [2.24, 2.45) is 5.41 Å². The molecular weight excluding hydrogens is 274 g/mol. The number of benzene rings is 1. The van der Waals surface area contributed by atoms with Crippen LogP contribution in [-0.4, -0.2) is 28.5 Å². The lowest BCUT2D eigenvalue weighted by molar-refractivity contribution is -0.138. The highest BCUT2D eigenvalue weighted by molar-refractivity contribution is 8.00. The molecule has 4 nitrogen and oxygen atoms in total. The Kier molecular flexibility index (Phi) is 4.70. The van der Waals surface area contributed by atoms with Crippen molar-refractivity contribution < 1.29 is 14.7 Å². The van der Waals surface area contributed by atoms with Crippen LogP contribution in [0.1, 0.15) is 24.8 Å². The van der Waals surface area contributed by atoms with Gasteiger partial charge in [0.1, 0.15) is 0 Å². The number of thioether (sulfide) groups is 1. The summed E-state index contributed by atoms with van der Waals surface area (Å²) < 4.78 is 0. The number of hydrogen-bond acceptors (Lipinski definition) is 3.